The molecule has 9 heteroatoms. The van der Waals surface area contributed by atoms with Crippen LogP contribution in [0.4, 0.5) is 4.79 Å². The van der Waals surface area contributed by atoms with Crippen molar-refractivity contribution >= 4 is 23.0 Å². The molecule has 4 N–H and O–H groups in total. The summed E-state index contributed by atoms with van der Waals surface area (Å²) >= 11 is 0. The molecule has 3 aromatic rings. The molecule has 2 aromatic heterocycles. The lowest BCUT2D eigenvalue weighted by molar-refractivity contribution is 0.0924. The molecule has 9 nitrogen and oxygen atoms in total. The highest BCUT2D eigenvalue weighted by atomic mass is 16.5. The zero-order chi connectivity index (χ0) is 24.5. The van der Waals surface area contributed by atoms with E-state index in [0.717, 1.165) is 35.4 Å². The van der Waals surface area contributed by atoms with E-state index >= 15 is 0 Å². The van der Waals surface area contributed by atoms with Crippen LogP contribution in [-0.2, 0) is 0 Å². The van der Waals surface area contributed by atoms with Gasteiger partial charge >= 0.3 is 6.09 Å². The number of rotatable bonds is 7. The van der Waals surface area contributed by atoms with Crippen molar-refractivity contribution in [2.24, 2.45) is 5.92 Å². The lowest BCUT2D eigenvalue weighted by Crippen LogP contribution is -2.43. The molecule has 184 valence electrons. The van der Waals surface area contributed by atoms with E-state index in [1.807, 2.05) is 26.0 Å². The molecular weight excluding hydrogens is 446 g/mol. The average Bonchev–Trinajstić information content (AvgIpc) is 3.58. The molecule has 2 saturated carbocycles. The number of aryl methyl sites for hydroxylation is 2. The number of aromatic amines is 1. The number of amides is 2. The molecule has 0 saturated heterocycles. The van der Waals surface area contributed by atoms with E-state index in [-0.39, 0.29) is 18.0 Å². The van der Waals surface area contributed by atoms with Gasteiger partial charge in [-0.2, -0.15) is 0 Å². The van der Waals surface area contributed by atoms with Gasteiger partial charge in [-0.25, -0.2) is 14.8 Å². The molecule has 0 unspecified atom stereocenters. The lowest BCUT2D eigenvalue weighted by Gasteiger charge is -2.28. The Morgan fingerprint density at radius 2 is 1.77 bits per heavy atom. The number of benzene rings is 1. The minimum atomic E-state index is -1.00. The van der Waals surface area contributed by atoms with Gasteiger partial charge in [0.05, 0.1) is 17.7 Å². The molecule has 0 radical (unpaired) electrons. The Kier molecular flexibility index (Phi) is 6.32. The fraction of sp³-hybridized carbons (Fsp3) is 0.462. The first-order valence-corrected chi connectivity index (χ1v) is 12.3. The molecular formula is C26H31N5O4. The number of fused-ring (bicyclic) bond motifs is 1. The highest BCUT2D eigenvalue weighted by Gasteiger charge is 2.27. The monoisotopic (exact) mass is 477 g/mol. The third kappa shape index (κ3) is 5.08. The molecule has 1 aromatic carbocycles. The van der Waals surface area contributed by atoms with Crippen LogP contribution in [0.1, 0.15) is 60.1 Å². The number of hydrogen-bond acceptors (Lipinski definition) is 5. The van der Waals surface area contributed by atoms with Crippen molar-refractivity contribution in [3.63, 3.8) is 0 Å². The first-order chi connectivity index (χ1) is 16.9. The fourth-order valence-corrected chi connectivity index (χ4v) is 4.86. The van der Waals surface area contributed by atoms with E-state index in [4.69, 9.17) is 9.84 Å². The molecule has 2 fully saturated rings. The Morgan fingerprint density at radius 1 is 1.06 bits per heavy atom. The second-order valence-corrected chi connectivity index (χ2v) is 9.80. The number of hydrogen-bond donors (Lipinski definition) is 4. The van der Waals surface area contributed by atoms with Crippen LogP contribution in [0.5, 0.6) is 5.75 Å². The third-order valence-corrected chi connectivity index (χ3v) is 6.95. The van der Waals surface area contributed by atoms with E-state index in [0.29, 0.717) is 47.7 Å². The smallest absolute Gasteiger partial charge is 0.404 e. The molecule has 35 heavy (non-hydrogen) atoms. The summed E-state index contributed by atoms with van der Waals surface area (Å²) in [5.41, 5.74) is 5.24. The Balaban J connectivity index is 1.40. The van der Waals surface area contributed by atoms with Crippen LogP contribution >= 0.6 is 0 Å². The molecule has 2 aliphatic rings. The predicted molar refractivity (Wildman–Crippen MR) is 132 cm³/mol. The Morgan fingerprint density at radius 3 is 2.46 bits per heavy atom. The van der Waals surface area contributed by atoms with E-state index in [1.165, 1.54) is 19.2 Å². The Labute approximate surface area is 203 Å². The van der Waals surface area contributed by atoms with Gasteiger partial charge in [0.2, 0.25) is 0 Å². The maximum Gasteiger partial charge on any atom is 0.404 e. The molecule has 2 aliphatic carbocycles. The largest absolute Gasteiger partial charge is 0.493 e. The second kappa shape index (κ2) is 9.56. The van der Waals surface area contributed by atoms with Crippen molar-refractivity contribution in [3.8, 4) is 17.0 Å². The molecule has 0 bridgehead atoms. The van der Waals surface area contributed by atoms with Crippen molar-refractivity contribution in [1.29, 1.82) is 0 Å². The zero-order valence-electron chi connectivity index (χ0n) is 20.1. The Hall–Kier alpha value is -3.62. The number of carboxylic acid groups (broad SMARTS) is 1. The van der Waals surface area contributed by atoms with E-state index in [2.05, 4.69) is 31.7 Å². The number of carbonyl (C=O) groups excluding carboxylic acids is 1. The molecule has 0 aliphatic heterocycles. The standard InChI is InChI=1S/C26H31N5O4/c1-14-3-10-20(35-12-16-4-5-16)19(11-14)22-24-23(28-13-27-22)21(15(2)29-24)25(32)30-17-6-8-18(9-7-17)31-26(33)34/h3,10-11,13,16-18,29,31H,4-9,12H2,1-2H3,(H,30,32)(H,33,34). The highest BCUT2D eigenvalue weighted by Crippen LogP contribution is 2.37. The van der Waals surface area contributed by atoms with Crippen molar-refractivity contribution in [1.82, 2.24) is 25.6 Å². The van der Waals surface area contributed by atoms with Gasteiger partial charge in [0.1, 0.15) is 23.3 Å². The summed E-state index contributed by atoms with van der Waals surface area (Å²) in [6.45, 7) is 4.60. The maximum atomic E-state index is 13.3. The Bertz CT molecular complexity index is 1260. The SMILES string of the molecule is Cc1ccc(OCC2CC2)c(-c2ncnc3c(C(=O)NC4CCC(NC(=O)O)CC4)c(C)[nH]c23)c1. The zero-order valence-corrected chi connectivity index (χ0v) is 20.1. The minimum absolute atomic E-state index is 0.000739. The van der Waals surface area contributed by atoms with Crippen molar-refractivity contribution in [3.05, 3.63) is 41.3 Å². The van der Waals surface area contributed by atoms with Gasteiger partial charge in [0.15, 0.2) is 0 Å². The van der Waals surface area contributed by atoms with Crippen LogP contribution in [0, 0.1) is 19.8 Å². The third-order valence-electron chi connectivity index (χ3n) is 6.95. The van der Waals surface area contributed by atoms with E-state index in [1.54, 1.807) is 0 Å². The van der Waals surface area contributed by atoms with Gasteiger partial charge in [0, 0.05) is 23.3 Å². The molecule has 0 spiro atoms. The number of H-pyrrole nitrogens is 1. The number of nitrogens with one attached hydrogen (secondary N) is 3. The van der Waals surface area contributed by atoms with Gasteiger partial charge in [-0.15, -0.1) is 0 Å². The molecule has 2 amide bonds. The first kappa shape index (κ1) is 23.1. The summed E-state index contributed by atoms with van der Waals surface area (Å²) in [5, 5.41) is 14.6. The fourth-order valence-electron chi connectivity index (χ4n) is 4.86. The van der Waals surface area contributed by atoms with Crippen LogP contribution in [0.25, 0.3) is 22.3 Å². The molecule has 5 rings (SSSR count). The van der Waals surface area contributed by atoms with Crippen LogP contribution in [0.2, 0.25) is 0 Å². The number of nitrogens with zero attached hydrogens (tertiary/aromatic N) is 2. The quantitative estimate of drug-likeness (QED) is 0.401. The molecule has 0 atom stereocenters. The maximum absolute atomic E-state index is 13.3. The second-order valence-electron chi connectivity index (χ2n) is 9.80. The first-order valence-electron chi connectivity index (χ1n) is 12.3. The summed E-state index contributed by atoms with van der Waals surface area (Å²) in [6.07, 6.45) is 5.78. The van der Waals surface area contributed by atoms with Crippen molar-refractivity contribution < 1.29 is 19.4 Å². The highest BCUT2D eigenvalue weighted by molar-refractivity contribution is 6.09. The summed E-state index contributed by atoms with van der Waals surface area (Å²) in [4.78, 5) is 36.6. The normalized spacial score (nSPS) is 19.9. The number of carbonyl (C=O) groups is 2. The summed E-state index contributed by atoms with van der Waals surface area (Å²) in [6, 6.07) is 6.02. The predicted octanol–water partition coefficient (Wildman–Crippen LogP) is 4.34. The topological polar surface area (TPSA) is 129 Å². The van der Waals surface area contributed by atoms with Gasteiger partial charge in [-0.1, -0.05) is 11.6 Å². The van der Waals surface area contributed by atoms with Crippen LogP contribution in [0.15, 0.2) is 24.5 Å². The number of ether oxygens (including phenoxy) is 1. The van der Waals surface area contributed by atoms with E-state index in [9.17, 15) is 9.59 Å². The van der Waals surface area contributed by atoms with Crippen LogP contribution < -0.4 is 15.4 Å². The summed E-state index contributed by atoms with van der Waals surface area (Å²) < 4.78 is 6.14. The van der Waals surface area contributed by atoms with Crippen LogP contribution in [0.3, 0.4) is 0 Å². The van der Waals surface area contributed by atoms with Crippen molar-refractivity contribution in [2.45, 2.75) is 64.5 Å². The van der Waals surface area contributed by atoms with E-state index < -0.39 is 6.09 Å². The van der Waals surface area contributed by atoms with Gasteiger partial charge < -0.3 is 25.5 Å². The number of aromatic nitrogens is 3. The van der Waals surface area contributed by atoms with Crippen LogP contribution in [-0.4, -0.2) is 50.7 Å². The summed E-state index contributed by atoms with van der Waals surface area (Å²) in [7, 11) is 0. The van der Waals surface area contributed by atoms with Gasteiger partial charge in [0.25, 0.3) is 5.91 Å². The lowest BCUT2D eigenvalue weighted by atomic mass is 9.91. The van der Waals surface area contributed by atoms with Gasteiger partial charge in [-0.3, -0.25) is 4.79 Å². The van der Waals surface area contributed by atoms with Crippen molar-refractivity contribution in [2.75, 3.05) is 6.61 Å². The minimum Gasteiger partial charge on any atom is -0.493 e. The summed E-state index contributed by atoms with van der Waals surface area (Å²) in [5.74, 6) is 1.24. The molecule has 2 heterocycles. The van der Waals surface area contributed by atoms with Gasteiger partial charge in [-0.05, 0) is 70.4 Å². The average molecular weight is 478 g/mol.